The van der Waals surface area contributed by atoms with Gasteiger partial charge in [0.2, 0.25) is 5.91 Å². The molecule has 1 unspecified atom stereocenters. The summed E-state index contributed by atoms with van der Waals surface area (Å²) in [5.74, 6) is -0.212. The Labute approximate surface area is 137 Å². The van der Waals surface area contributed by atoms with Crippen LogP contribution in [0.1, 0.15) is 25.8 Å². The maximum absolute atomic E-state index is 12.4. The lowest BCUT2D eigenvalue weighted by Crippen LogP contribution is -2.29. The number of hydrogen-bond acceptors (Lipinski definition) is 3. The molecule has 0 aromatic heterocycles. The summed E-state index contributed by atoms with van der Waals surface area (Å²) in [4.78, 5) is 14.4. The summed E-state index contributed by atoms with van der Waals surface area (Å²) in [7, 11) is 1.98. The van der Waals surface area contributed by atoms with E-state index in [9.17, 15) is 9.90 Å². The Bertz CT molecular complexity index is 653. The van der Waals surface area contributed by atoms with E-state index in [1.165, 1.54) is 0 Å². The average Bonchev–Trinajstić information content (AvgIpc) is 2.55. The van der Waals surface area contributed by atoms with Crippen molar-refractivity contribution in [1.29, 1.82) is 0 Å². The van der Waals surface area contributed by atoms with Crippen LogP contribution in [0.4, 0.5) is 11.4 Å². The topological polar surface area (TPSA) is 52.6 Å². The fourth-order valence-corrected chi connectivity index (χ4v) is 2.49. The van der Waals surface area contributed by atoms with Crippen molar-refractivity contribution in [3.8, 4) is 0 Å². The van der Waals surface area contributed by atoms with E-state index in [-0.39, 0.29) is 12.3 Å². The van der Waals surface area contributed by atoms with E-state index in [1.807, 2.05) is 61.6 Å². The Morgan fingerprint density at radius 1 is 1.13 bits per heavy atom. The lowest BCUT2D eigenvalue weighted by Gasteiger charge is -2.25. The van der Waals surface area contributed by atoms with Crippen molar-refractivity contribution in [1.82, 2.24) is 0 Å². The average molecular weight is 312 g/mol. The first-order valence-corrected chi connectivity index (χ1v) is 7.82. The third-order valence-electron chi connectivity index (χ3n) is 3.96. The van der Waals surface area contributed by atoms with Gasteiger partial charge in [0.1, 0.15) is 0 Å². The van der Waals surface area contributed by atoms with E-state index < -0.39 is 5.60 Å². The van der Waals surface area contributed by atoms with Crippen molar-refractivity contribution in [2.24, 2.45) is 0 Å². The Morgan fingerprint density at radius 3 is 2.39 bits per heavy atom. The van der Waals surface area contributed by atoms with Gasteiger partial charge in [0, 0.05) is 13.6 Å². The highest BCUT2D eigenvalue weighted by Crippen LogP contribution is 2.27. The molecule has 0 aliphatic heterocycles. The van der Waals surface area contributed by atoms with Crippen LogP contribution in [0.25, 0.3) is 0 Å². The number of para-hydroxylation sites is 2. The van der Waals surface area contributed by atoms with Gasteiger partial charge in [-0.25, -0.2) is 0 Å². The first-order chi connectivity index (χ1) is 10.9. The van der Waals surface area contributed by atoms with Crippen LogP contribution in [-0.2, 0) is 10.4 Å². The van der Waals surface area contributed by atoms with E-state index in [4.69, 9.17) is 0 Å². The fourth-order valence-electron chi connectivity index (χ4n) is 2.49. The third-order valence-corrected chi connectivity index (χ3v) is 3.96. The van der Waals surface area contributed by atoms with Gasteiger partial charge >= 0.3 is 0 Å². The summed E-state index contributed by atoms with van der Waals surface area (Å²) in [6.45, 7) is 4.55. The van der Waals surface area contributed by atoms with Crippen molar-refractivity contribution >= 4 is 17.3 Å². The molecule has 2 N–H and O–H groups in total. The minimum Gasteiger partial charge on any atom is -0.385 e. The molecule has 1 atom stereocenters. The summed E-state index contributed by atoms with van der Waals surface area (Å²) < 4.78 is 0. The van der Waals surface area contributed by atoms with E-state index in [0.29, 0.717) is 0 Å². The number of aliphatic hydroxyl groups is 1. The number of rotatable bonds is 6. The smallest absolute Gasteiger partial charge is 0.227 e. The van der Waals surface area contributed by atoms with Crippen LogP contribution in [0.5, 0.6) is 0 Å². The molecule has 0 heterocycles. The molecule has 2 aromatic rings. The molecule has 1 amide bonds. The second-order valence-corrected chi connectivity index (χ2v) is 5.90. The normalized spacial score (nSPS) is 13.2. The van der Waals surface area contributed by atoms with Crippen molar-refractivity contribution in [2.45, 2.75) is 25.9 Å². The summed E-state index contributed by atoms with van der Waals surface area (Å²) in [5.41, 5.74) is 1.25. The first kappa shape index (κ1) is 17.0. The highest BCUT2D eigenvalue weighted by Gasteiger charge is 2.26. The van der Waals surface area contributed by atoms with Crippen LogP contribution >= 0.6 is 0 Å². The molecule has 0 saturated carbocycles. The molecule has 0 saturated heterocycles. The molecule has 2 aromatic carbocycles. The van der Waals surface area contributed by atoms with E-state index >= 15 is 0 Å². The van der Waals surface area contributed by atoms with Gasteiger partial charge in [-0.1, -0.05) is 42.5 Å². The molecular weight excluding hydrogens is 288 g/mol. The van der Waals surface area contributed by atoms with Gasteiger partial charge in [-0.05, 0) is 31.5 Å². The standard InChI is InChI=1S/C19H24N2O2/c1-4-21(3)17-13-9-8-12-16(17)20-18(22)14-19(2,23)15-10-6-5-7-11-15/h5-13,23H,4,14H2,1-3H3,(H,20,22). The Balaban J connectivity index is 2.11. The molecule has 0 spiro atoms. The van der Waals surface area contributed by atoms with Gasteiger partial charge < -0.3 is 15.3 Å². The Hall–Kier alpha value is -2.33. The molecule has 0 aliphatic rings. The van der Waals surface area contributed by atoms with Gasteiger partial charge in [-0.2, -0.15) is 0 Å². The van der Waals surface area contributed by atoms with Crippen molar-refractivity contribution in [3.63, 3.8) is 0 Å². The van der Waals surface area contributed by atoms with Crippen LogP contribution in [-0.4, -0.2) is 24.6 Å². The molecular formula is C19H24N2O2. The van der Waals surface area contributed by atoms with E-state index in [2.05, 4.69) is 17.1 Å². The van der Waals surface area contributed by atoms with Crippen molar-refractivity contribution in [2.75, 3.05) is 23.8 Å². The molecule has 2 rings (SSSR count). The van der Waals surface area contributed by atoms with Gasteiger partial charge in [-0.3, -0.25) is 4.79 Å². The monoisotopic (exact) mass is 312 g/mol. The third kappa shape index (κ3) is 4.33. The Morgan fingerprint density at radius 2 is 1.74 bits per heavy atom. The molecule has 0 fully saturated rings. The minimum absolute atomic E-state index is 0.00118. The first-order valence-electron chi connectivity index (χ1n) is 7.82. The highest BCUT2D eigenvalue weighted by atomic mass is 16.3. The summed E-state index contributed by atoms with van der Waals surface area (Å²) in [6, 6.07) is 16.9. The zero-order chi connectivity index (χ0) is 16.9. The lowest BCUT2D eigenvalue weighted by molar-refractivity contribution is -0.120. The molecule has 4 heteroatoms. The van der Waals surface area contributed by atoms with Crippen LogP contribution in [0.3, 0.4) is 0 Å². The summed E-state index contributed by atoms with van der Waals surface area (Å²) in [5, 5.41) is 13.5. The summed E-state index contributed by atoms with van der Waals surface area (Å²) in [6.07, 6.45) is 0.00118. The predicted octanol–water partition coefficient (Wildman–Crippen LogP) is 3.38. The number of anilines is 2. The van der Waals surface area contributed by atoms with Crippen molar-refractivity contribution in [3.05, 3.63) is 60.2 Å². The van der Waals surface area contributed by atoms with Gasteiger partial charge in [0.25, 0.3) is 0 Å². The van der Waals surface area contributed by atoms with E-state index in [0.717, 1.165) is 23.5 Å². The zero-order valence-electron chi connectivity index (χ0n) is 13.9. The minimum atomic E-state index is -1.20. The van der Waals surface area contributed by atoms with Crippen LogP contribution in [0, 0.1) is 0 Å². The van der Waals surface area contributed by atoms with Gasteiger partial charge in [-0.15, -0.1) is 0 Å². The molecule has 0 aliphatic carbocycles. The number of carbonyl (C=O) groups is 1. The second kappa shape index (κ2) is 7.29. The molecule has 0 radical (unpaired) electrons. The molecule has 4 nitrogen and oxygen atoms in total. The van der Waals surface area contributed by atoms with Crippen LogP contribution in [0.15, 0.2) is 54.6 Å². The number of hydrogen-bond donors (Lipinski definition) is 2. The second-order valence-electron chi connectivity index (χ2n) is 5.90. The van der Waals surface area contributed by atoms with Crippen LogP contribution < -0.4 is 10.2 Å². The maximum Gasteiger partial charge on any atom is 0.227 e. The fraction of sp³-hybridized carbons (Fsp3) is 0.316. The molecule has 23 heavy (non-hydrogen) atoms. The molecule has 122 valence electrons. The number of nitrogens with zero attached hydrogens (tertiary/aromatic N) is 1. The Kier molecular flexibility index (Phi) is 5.40. The van der Waals surface area contributed by atoms with Crippen molar-refractivity contribution < 1.29 is 9.90 Å². The highest BCUT2D eigenvalue weighted by molar-refractivity contribution is 5.94. The predicted molar refractivity (Wildman–Crippen MR) is 94.6 cm³/mol. The van der Waals surface area contributed by atoms with Gasteiger partial charge in [0.15, 0.2) is 0 Å². The lowest BCUT2D eigenvalue weighted by atomic mass is 9.92. The quantitative estimate of drug-likeness (QED) is 0.860. The zero-order valence-corrected chi connectivity index (χ0v) is 13.9. The number of carbonyl (C=O) groups excluding carboxylic acids is 1. The largest absolute Gasteiger partial charge is 0.385 e. The SMILES string of the molecule is CCN(C)c1ccccc1NC(=O)CC(C)(O)c1ccccc1. The summed E-state index contributed by atoms with van der Waals surface area (Å²) >= 11 is 0. The number of benzene rings is 2. The number of amides is 1. The van der Waals surface area contributed by atoms with Crippen LogP contribution in [0.2, 0.25) is 0 Å². The number of nitrogens with one attached hydrogen (secondary N) is 1. The van der Waals surface area contributed by atoms with E-state index in [1.54, 1.807) is 6.92 Å². The maximum atomic E-state index is 12.4. The molecule has 0 bridgehead atoms. The van der Waals surface area contributed by atoms with Gasteiger partial charge in [0.05, 0.1) is 23.4 Å².